The van der Waals surface area contributed by atoms with E-state index in [0.29, 0.717) is 17.5 Å². The first-order chi connectivity index (χ1) is 12.7. The van der Waals surface area contributed by atoms with Gasteiger partial charge in [-0.05, 0) is 19.4 Å². The third-order valence-electron chi connectivity index (χ3n) is 3.86. The van der Waals surface area contributed by atoms with Gasteiger partial charge in [0, 0.05) is 30.1 Å². The van der Waals surface area contributed by atoms with Gasteiger partial charge < -0.3 is 14.4 Å². The molecule has 130 valence electrons. The highest BCUT2D eigenvalue weighted by atomic mass is 16.5. The van der Waals surface area contributed by atoms with Crippen molar-refractivity contribution < 1.29 is 9.05 Å². The predicted molar refractivity (Wildman–Crippen MR) is 94.0 cm³/mol. The number of benzene rings is 1. The maximum absolute atomic E-state index is 5.25. The summed E-state index contributed by atoms with van der Waals surface area (Å²) in [5.74, 6) is 1.99. The molecule has 8 nitrogen and oxygen atoms in total. The Morgan fingerprint density at radius 3 is 2.58 bits per heavy atom. The lowest BCUT2D eigenvalue weighted by Crippen LogP contribution is -2.07. The molecule has 0 aliphatic carbocycles. The van der Waals surface area contributed by atoms with E-state index in [1.165, 1.54) is 0 Å². The normalized spacial score (nSPS) is 12.1. The second-order valence-electron chi connectivity index (χ2n) is 5.83. The van der Waals surface area contributed by atoms with E-state index in [1.54, 1.807) is 24.7 Å². The number of rotatable bonds is 5. The number of hydrogen-bond donors (Lipinski definition) is 1. The third-order valence-corrected chi connectivity index (χ3v) is 3.86. The fraction of sp³-hybridized carbons (Fsp3) is 0.167. The zero-order valence-corrected chi connectivity index (χ0v) is 14.2. The molecule has 0 fully saturated rings. The lowest BCUT2D eigenvalue weighted by atomic mass is 10.1. The average Bonchev–Trinajstić information content (AvgIpc) is 3.32. The van der Waals surface area contributed by atoms with Gasteiger partial charge in [-0.2, -0.15) is 4.98 Å². The predicted octanol–water partition coefficient (Wildman–Crippen LogP) is 3.66. The van der Waals surface area contributed by atoms with Crippen molar-refractivity contribution in [1.82, 2.24) is 25.3 Å². The van der Waals surface area contributed by atoms with E-state index in [0.717, 1.165) is 22.6 Å². The van der Waals surface area contributed by atoms with Crippen LogP contribution in [0, 0.1) is 6.92 Å². The summed E-state index contributed by atoms with van der Waals surface area (Å²) < 4.78 is 10.4. The van der Waals surface area contributed by atoms with Crippen LogP contribution in [-0.4, -0.2) is 25.3 Å². The quantitative estimate of drug-likeness (QED) is 0.583. The topological polar surface area (TPSA) is 103 Å². The van der Waals surface area contributed by atoms with E-state index < -0.39 is 0 Å². The van der Waals surface area contributed by atoms with Crippen molar-refractivity contribution >= 4 is 5.82 Å². The van der Waals surface area contributed by atoms with Gasteiger partial charge in [0.15, 0.2) is 0 Å². The SMILES string of the molecule is Cc1cc(-c2nc(-c3ccc(C(C)Nc4cnccn4)cc3)no2)on1. The Hall–Kier alpha value is -3.55. The second kappa shape index (κ2) is 6.75. The Morgan fingerprint density at radius 1 is 1.04 bits per heavy atom. The highest BCUT2D eigenvalue weighted by molar-refractivity contribution is 5.58. The van der Waals surface area contributed by atoms with Gasteiger partial charge in [-0.15, -0.1) is 0 Å². The molecule has 1 atom stereocenters. The molecule has 1 aromatic carbocycles. The minimum atomic E-state index is 0.0822. The molecule has 0 amide bonds. The van der Waals surface area contributed by atoms with Gasteiger partial charge in [-0.1, -0.05) is 34.6 Å². The second-order valence-corrected chi connectivity index (χ2v) is 5.83. The smallest absolute Gasteiger partial charge is 0.296 e. The van der Waals surface area contributed by atoms with Crippen LogP contribution in [0.3, 0.4) is 0 Å². The Kier molecular flexibility index (Phi) is 4.14. The van der Waals surface area contributed by atoms with Gasteiger partial charge in [-0.3, -0.25) is 4.98 Å². The highest BCUT2D eigenvalue weighted by Crippen LogP contribution is 2.24. The van der Waals surface area contributed by atoms with Crippen molar-refractivity contribution in [1.29, 1.82) is 0 Å². The van der Waals surface area contributed by atoms with Crippen molar-refractivity contribution in [3.8, 4) is 23.0 Å². The number of hydrogen-bond acceptors (Lipinski definition) is 8. The largest absolute Gasteiger partial charge is 0.362 e. The number of aromatic nitrogens is 5. The van der Waals surface area contributed by atoms with Crippen molar-refractivity contribution in [3.63, 3.8) is 0 Å². The Bertz CT molecular complexity index is 994. The third kappa shape index (κ3) is 3.30. The summed E-state index contributed by atoms with van der Waals surface area (Å²) in [7, 11) is 0. The lowest BCUT2D eigenvalue weighted by molar-refractivity contribution is 0.383. The van der Waals surface area contributed by atoms with E-state index in [4.69, 9.17) is 9.05 Å². The first-order valence-corrected chi connectivity index (χ1v) is 8.09. The van der Waals surface area contributed by atoms with Crippen molar-refractivity contribution in [2.45, 2.75) is 19.9 Å². The molecule has 0 saturated heterocycles. The van der Waals surface area contributed by atoms with Crippen LogP contribution in [0.15, 0.2) is 58.0 Å². The molecule has 4 aromatic rings. The standard InChI is InChI=1S/C18H16N6O2/c1-11-9-15(25-23-11)18-22-17(24-26-18)14-5-3-13(4-6-14)12(2)21-16-10-19-7-8-20-16/h3-10,12H,1-2H3,(H,20,21). The van der Waals surface area contributed by atoms with E-state index >= 15 is 0 Å². The van der Waals surface area contributed by atoms with Crippen LogP contribution in [0.4, 0.5) is 5.82 Å². The number of aryl methyl sites for hydroxylation is 1. The fourth-order valence-electron chi connectivity index (χ4n) is 2.50. The Morgan fingerprint density at radius 2 is 1.88 bits per heavy atom. The van der Waals surface area contributed by atoms with Crippen molar-refractivity contribution in [2.75, 3.05) is 5.32 Å². The summed E-state index contributed by atoms with van der Waals surface area (Å²) >= 11 is 0. The minimum absolute atomic E-state index is 0.0822. The molecular formula is C18H16N6O2. The summed E-state index contributed by atoms with van der Waals surface area (Å²) in [6.07, 6.45) is 4.99. The van der Waals surface area contributed by atoms with Gasteiger partial charge in [0.05, 0.1) is 11.9 Å². The molecule has 4 rings (SSSR count). The summed E-state index contributed by atoms with van der Waals surface area (Å²) in [5, 5.41) is 11.1. The average molecular weight is 348 g/mol. The molecule has 8 heteroatoms. The van der Waals surface area contributed by atoms with E-state index in [2.05, 4.69) is 37.5 Å². The zero-order chi connectivity index (χ0) is 17.9. The van der Waals surface area contributed by atoms with Gasteiger partial charge in [0.1, 0.15) is 5.82 Å². The minimum Gasteiger partial charge on any atom is -0.362 e. The molecule has 3 aromatic heterocycles. The number of nitrogens with one attached hydrogen (secondary N) is 1. The Balaban J connectivity index is 1.50. The molecular weight excluding hydrogens is 332 g/mol. The van der Waals surface area contributed by atoms with Gasteiger partial charge >= 0.3 is 0 Å². The lowest BCUT2D eigenvalue weighted by Gasteiger charge is -2.14. The molecule has 0 bridgehead atoms. The number of nitrogens with zero attached hydrogens (tertiary/aromatic N) is 5. The Labute approximate surface area is 149 Å². The summed E-state index contributed by atoms with van der Waals surface area (Å²) in [4.78, 5) is 12.6. The monoisotopic (exact) mass is 348 g/mol. The van der Waals surface area contributed by atoms with Crippen LogP contribution in [0.5, 0.6) is 0 Å². The van der Waals surface area contributed by atoms with E-state index in [9.17, 15) is 0 Å². The van der Waals surface area contributed by atoms with E-state index in [-0.39, 0.29) is 6.04 Å². The van der Waals surface area contributed by atoms with Gasteiger partial charge in [-0.25, -0.2) is 4.98 Å². The van der Waals surface area contributed by atoms with Crippen molar-refractivity contribution in [2.24, 2.45) is 0 Å². The molecule has 0 aliphatic heterocycles. The molecule has 1 unspecified atom stereocenters. The van der Waals surface area contributed by atoms with Crippen LogP contribution in [0.25, 0.3) is 23.0 Å². The van der Waals surface area contributed by atoms with Crippen LogP contribution in [0.2, 0.25) is 0 Å². The molecule has 1 N–H and O–H groups in total. The molecule has 0 radical (unpaired) electrons. The van der Waals surface area contributed by atoms with Gasteiger partial charge in [0.2, 0.25) is 11.6 Å². The molecule has 0 aliphatic rings. The summed E-state index contributed by atoms with van der Waals surface area (Å²) in [6, 6.07) is 9.75. The maximum atomic E-state index is 5.25. The molecule has 3 heterocycles. The van der Waals surface area contributed by atoms with Crippen LogP contribution < -0.4 is 5.32 Å². The summed E-state index contributed by atoms with van der Waals surface area (Å²) in [6.45, 7) is 3.89. The maximum Gasteiger partial charge on any atom is 0.296 e. The first kappa shape index (κ1) is 15.9. The van der Waals surface area contributed by atoms with Crippen LogP contribution in [-0.2, 0) is 0 Å². The summed E-state index contributed by atoms with van der Waals surface area (Å²) in [5.41, 5.74) is 2.72. The van der Waals surface area contributed by atoms with Crippen LogP contribution >= 0.6 is 0 Å². The van der Waals surface area contributed by atoms with Crippen molar-refractivity contribution in [3.05, 3.63) is 60.2 Å². The molecule has 0 spiro atoms. The number of anilines is 1. The highest BCUT2D eigenvalue weighted by Gasteiger charge is 2.15. The fourth-order valence-corrected chi connectivity index (χ4v) is 2.50. The van der Waals surface area contributed by atoms with Gasteiger partial charge in [0.25, 0.3) is 5.89 Å². The van der Waals surface area contributed by atoms with Crippen LogP contribution in [0.1, 0.15) is 24.2 Å². The molecule has 26 heavy (non-hydrogen) atoms. The zero-order valence-electron chi connectivity index (χ0n) is 14.2. The molecule has 0 saturated carbocycles. The first-order valence-electron chi connectivity index (χ1n) is 8.09. The van der Waals surface area contributed by atoms with E-state index in [1.807, 2.05) is 31.2 Å².